The van der Waals surface area contributed by atoms with E-state index in [0.29, 0.717) is 35.9 Å². The quantitative estimate of drug-likeness (QED) is 0.0673. The summed E-state index contributed by atoms with van der Waals surface area (Å²) in [7, 11) is 1.30. The molecule has 9 nitrogen and oxygen atoms in total. The molecule has 11 heteroatoms. The molecule has 0 saturated carbocycles. The monoisotopic (exact) mass is 636 g/mol. The first kappa shape index (κ1) is 32.4. The Morgan fingerprint density at radius 3 is 2.70 bits per heavy atom. The number of methoxy groups -OCH3 is 1. The van der Waals surface area contributed by atoms with E-state index in [-0.39, 0.29) is 34.4 Å². The van der Waals surface area contributed by atoms with E-state index in [2.05, 4.69) is 25.8 Å². The number of aromatic amines is 2. The van der Waals surface area contributed by atoms with Crippen LogP contribution in [0, 0.1) is 23.0 Å². The number of hydrogen-bond acceptors (Lipinski definition) is 6. The van der Waals surface area contributed by atoms with Gasteiger partial charge in [-0.3, -0.25) is 0 Å². The van der Waals surface area contributed by atoms with Gasteiger partial charge in [-0.2, -0.15) is 5.26 Å². The van der Waals surface area contributed by atoms with Gasteiger partial charge in [-0.15, -0.1) is 0 Å². The van der Waals surface area contributed by atoms with Crippen LogP contribution in [0.25, 0.3) is 34.4 Å². The van der Waals surface area contributed by atoms with Crippen molar-refractivity contribution in [3.63, 3.8) is 0 Å². The SMILES string of the molecule is COC(=O)/C=C/c1cccc(C(CCCCC#N)c2cnc(-c3cc(Oc4c(F)cc5[nH]ccc5c4/C=C/C(=O)O)ccc3F)[nH]2)c1. The number of fused-ring (bicyclic) bond motifs is 1. The molecule has 2 heterocycles. The Bertz CT molecular complexity index is 2020. The third-order valence-corrected chi connectivity index (χ3v) is 7.54. The fraction of sp³-hybridized carbons (Fsp3) is 0.167. The molecule has 3 aromatic carbocycles. The normalized spacial score (nSPS) is 12.0. The summed E-state index contributed by atoms with van der Waals surface area (Å²) in [5, 5.41) is 18.7. The maximum absolute atomic E-state index is 15.2. The highest BCUT2D eigenvalue weighted by Crippen LogP contribution is 2.37. The zero-order valence-electron chi connectivity index (χ0n) is 25.3. The average Bonchev–Trinajstić information content (AvgIpc) is 3.74. The molecule has 238 valence electrons. The molecule has 1 unspecified atom stereocenters. The number of aromatic nitrogens is 3. The van der Waals surface area contributed by atoms with Crippen molar-refractivity contribution in [3.05, 3.63) is 113 Å². The zero-order valence-corrected chi connectivity index (χ0v) is 25.3. The number of carbonyl (C=O) groups excluding carboxylic acids is 1. The number of benzene rings is 3. The van der Waals surface area contributed by atoms with E-state index in [1.807, 2.05) is 24.3 Å². The highest BCUT2D eigenvalue weighted by molar-refractivity contribution is 5.95. The third kappa shape index (κ3) is 7.80. The van der Waals surface area contributed by atoms with Crippen LogP contribution >= 0.6 is 0 Å². The fourth-order valence-corrected chi connectivity index (χ4v) is 5.29. The van der Waals surface area contributed by atoms with Crippen molar-refractivity contribution in [2.45, 2.75) is 31.6 Å². The molecular formula is C36H30F2N4O5. The Morgan fingerprint density at radius 1 is 1.06 bits per heavy atom. The number of aliphatic carboxylic acids is 1. The topological polar surface area (TPSA) is 141 Å². The molecule has 0 aliphatic rings. The molecule has 3 N–H and O–H groups in total. The Balaban J connectivity index is 1.48. The van der Waals surface area contributed by atoms with Gasteiger partial charge in [0.15, 0.2) is 11.6 Å². The van der Waals surface area contributed by atoms with E-state index in [0.717, 1.165) is 23.6 Å². The molecule has 47 heavy (non-hydrogen) atoms. The number of hydrogen-bond donors (Lipinski definition) is 3. The van der Waals surface area contributed by atoms with Crippen LogP contribution in [0.2, 0.25) is 0 Å². The van der Waals surface area contributed by atoms with Gasteiger partial charge < -0.3 is 24.5 Å². The number of carboxylic acid groups (broad SMARTS) is 1. The van der Waals surface area contributed by atoms with E-state index >= 15 is 8.78 Å². The zero-order chi connectivity index (χ0) is 33.3. The highest BCUT2D eigenvalue weighted by Gasteiger charge is 2.21. The van der Waals surface area contributed by atoms with Crippen LogP contribution in [-0.2, 0) is 14.3 Å². The number of halogens is 2. The van der Waals surface area contributed by atoms with Gasteiger partial charge in [0.05, 0.1) is 18.7 Å². The number of rotatable bonds is 13. The minimum atomic E-state index is -1.21. The summed E-state index contributed by atoms with van der Waals surface area (Å²) in [5.74, 6) is -3.09. The first-order valence-electron chi connectivity index (χ1n) is 14.7. The van der Waals surface area contributed by atoms with E-state index in [1.165, 1.54) is 43.5 Å². The molecule has 2 aromatic heterocycles. The van der Waals surface area contributed by atoms with Gasteiger partial charge in [0.1, 0.15) is 17.4 Å². The number of carbonyl (C=O) groups is 2. The number of nitrogens with one attached hydrogen (secondary N) is 2. The summed E-state index contributed by atoms with van der Waals surface area (Å²) >= 11 is 0. The van der Waals surface area contributed by atoms with Crippen LogP contribution < -0.4 is 4.74 Å². The van der Waals surface area contributed by atoms with Crippen molar-refractivity contribution in [2.24, 2.45) is 0 Å². The predicted molar refractivity (Wildman–Crippen MR) is 172 cm³/mol. The van der Waals surface area contributed by atoms with E-state index in [4.69, 9.17) is 10.00 Å². The number of ether oxygens (including phenoxy) is 2. The van der Waals surface area contributed by atoms with Crippen LogP contribution in [0.3, 0.4) is 0 Å². The molecule has 0 saturated heterocycles. The number of H-pyrrole nitrogens is 2. The third-order valence-electron chi connectivity index (χ3n) is 7.54. The molecule has 0 aliphatic carbocycles. The molecule has 0 radical (unpaired) electrons. The Hall–Kier alpha value is -6.02. The minimum absolute atomic E-state index is 0.0810. The van der Waals surface area contributed by atoms with Gasteiger partial charge in [0.2, 0.25) is 0 Å². The molecule has 5 aromatic rings. The molecule has 1 atom stereocenters. The van der Waals surface area contributed by atoms with Crippen molar-refractivity contribution in [1.29, 1.82) is 5.26 Å². The van der Waals surface area contributed by atoms with Crippen LogP contribution in [0.4, 0.5) is 8.78 Å². The number of imidazole rings is 1. The lowest BCUT2D eigenvalue weighted by atomic mass is 9.89. The largest absolute Gasteiger partial charge is 0.478 e. The van der Waals surface area contributed by atoms with Crippen LogP contribution in [-0.4, -0.2) is 39.1 Å². The fourth-order valence-electron chi connectivity index (χ4n) is 5.29. The number of nitriles is 1. The molecule has 0 aliphatic heterocycles. The lowest BCUT2D eigenvalue weighted by Gasteiger charge is -2.16. The summed E-state index contributed by atoms with van der Waals surface area (Å²) < 4.78 is 41.1. The molecule has 0 fully saturated rings. The van der Waals surface area contributed by atoms with E-state index < -0.39 is 23.6 Å². The Morgan fingerprint density at radius 2 is 1.91 bits per heavy atom. The second kappa shape index (κ2) is 14.8. The average molecular weight is 637 g/mol. The van der Waals surface area contributed by atoms with E-state index in [9.17, 15) is 14.7 Å². The van der Waals surface area contributed by atoms with Gasteiger partial charge in [-0.1, -0.05) is 30.7 Å². The maximum Gasteiger partial charge on any atom is 0.330 e. The first-order chi connectivity index (χ1) is 22.8. The second-order valence-corrected chi connectivity index (χ2v) is 10.6. The van der Waals surface area contributed by atoms with E-state index in [1.54, 1.807) is 24.5 Å². The smallest absolute Gasteiger partial charge is 0.330 e. The minimum Gasteiger partial charge on any atom is -0.478 e. The summed E-state index contributed by atoms with van der Waals surface area (Å²) in [4.78, 5) is 33.5. The molecule has 0 spiro atoms. The molecular weight excluding hydrogens is 606 g/mol. The van der Waals surface area contributed by atoms with Crippen LogP contribution in [0.1, 0.15) is 54.0 Å². The van der Waals surface area contributed by atoms with Gasteiger partial charge in [-0.05, 0) is 60.4 Å². The number of carboxylic acids is 1. The van der Waals surface area contributed by atoms with Crippen molar-refractivity contribution < 1.29 is 33.0 Å². The Labute approximate surface area is 268 Å². The number of esters is 1. The Kier molecular flexibility index (Phi) is 10.2. The lowest BCUT2D eigenvalue weighted by Crippen LogP contribution is -2.03. The molecule has 0 amide bonds. The summed E-state index contributed by atoms with van der Waals surface area (Å²) in [5.41, 5.74) is 3.17. The van der Waals surface area contributed by atoms with Gasteiger partial charge >= 0.3 is 11.9 Å². The van der Waals surface area contributed by atoms with Crippen molar-refractivity contribution in [3.8, 4) is 29.0 Å². The van der Waals surface area contributed by atoms with Crippen LogP contribution in [0.15, 0.2) is 79.1 Å². The van der Waals surface area contributed by atoms with Gasteiger partial charge in [0.25, 0.3) is 0 Å². The standard InChI is InChI=1S/C36H30F2N4O5/c1-46-34(45)14-9-22-6-5-7-23(18-22)25(8-3-2-4-16-39)32-21-41-36(42-32)28-19-24(10-12-29(28)37)47-35-27(11-13-33(43)44)26-15-17-40-31(26)20-30(35)38/h5-7,9-15,17-21,25,40H,2-4,8H2,1H3,(H,41,42)(H,43,44)/b13-11+,14-9+. The van der Waals surface area contributed by atoms with Gasteiger partial charge in [-0.25, -0.2) is 23.4 Å². The highest BCUT2D eigenvalue weighted by atomic mass is 19.1. The summed E-state index contributed by atoms with van der Waals surface area (Å²) in [6.07, 6.45) is 10.9. The predicted octanol–water partition coefficient (Wildman–Crippen LogP) is 8.13. The summed E-state index contributed by atoms with van der Waals surface area (Å²) in [6.45, 7) is 0. The first-order valence-corrected chi connectivity index (χ1v) is 14.7. The summed E-state index contributed by atoms with van der Waals surface area (Å²) in [6, 6.07) is 16.6. The van der Waals surface area contributed by atoms with Gasteiger partial charge in [0, 0.05) is 65.1 Å². The van der Waals surface area contributed by atoms with Crippen LogP contribution in [0.5, 0.6) is 11.5 Å². The maximum atomic E-state index is 15.2. The lowest BCUT2D eigenvalue weighted by molar-refractivity contribution is -0.135. The molecule has 5 rings (SSSR count). The van der Waals surface area contributed by atoms with Crippen molar-refractivity contribution in [1.82, 2.24) is 15.0 Å². The number of unbranched alkanes of at least 4 members (excludes halogenated alkanes) is 2. The van der Waals surface area contributed by atoms with Crippen molar-refractivity contribution in [2.75, 3.05) is 7.11 Å². The molecule has 0 bridgehead atoms. The van der Waals surface area contributed by atoms with Crippen molar-refractivity contribution >= 4 is 35.0 Å². The second-order valence-electron chi connectivity index (χ2n) is 10.6. The number of nitrogens with zero attached hydrogens (tertiary/aromatic N) is 2.